The highest BCUT2D eigenvalue weighted by atomic mass is 16.5. The zero-order chi connectivity index (χ0) is 13.2. The smallest absolute Gasteiger partial charge is 0.411 e. The van der Waals surface area contributed by atoms with Gasteiger partial charge in [-0.15, -0.1) is 0 Å². The number of anilines is 1. The van der Waals surface area contributed by atoms with Crippen molar-refractivity contribution < 1.29 is 14.3 Å². The third-order valence-electron chi connectivity index (χ3n) is 3.04. The van der Waals surface area contributed by atoms with Crippen molar-refractivity contribution in [3.05, 3.63) is 24.0 Å². The molecule has 1 aromatic carbocycles. The van der Waals surface area contributed by atoms with Gasteiger partial charge in [0.25, 0.3) is 0 Å². The predicted molar refractivity (Wildman–Crippen MR) is 70.0 cm³/mol. The number of hydrogen-bond donors (Lipinski definition) is 1. The van der Waals surface area contributed by atoms with Crippen LogP contribution in [0.15, 0.2) is 18.2 Å². The summed E-state index contributed by atoms with van der Waals surface area (Å²) in [5, 5.41) is 2.67. The fourth-order valence-electron chi connectivity index (χ4n) is 2.22. The first-order valence-electron chi connectivity index (χ1n) is 6.28. The molecule has 6 nitrogen and oxygen atoms in total. The minimum Gasteiger partial charge on any atom is -0.450 e. The van der Waals surface area contributed by atoms with Crippen LogP contribution in [-0.2, 0) is 22.6 Å². The monoisotopic (exact) mass is 261 g/mol. The van der Waals surface area contributed by atoms with E-state index in [1.54, 1.807) is 6.92 Å². The van der Waals surface area contributed by atoms with Crippen molar-refractivity contribution in [1.82, 2.24) is 9.55 Å². The van der Waals surface area contributed by atoms with Crippen LogP contribution in [0.4, 0.5) is 10.5 Å². The maximum atomic E-state index is 11.4. The lowest BCUT2D eigenvalue weighted by Crippen LogP contribution is -2.16. The molecule has 1 aromatic heterocycles. The molecule has 2 heterocycles. The summed E-state index contributed by atoms with van der Waals surface area (Å²) in [6, 6.07) is 5.65. The van der Waals surface area contributed by atoms with E-state index < -0.39 is 6.09 Å². The maximum Gasteiger partial charge on any atom is 0.411 e. The molecule has 0 spiro atoms. The average molecular weight is 261 g/mol. The highest BCUT2D eigenvalue weighted by Crippen LogP contribution is 2.22. The standard InChI is InChI=1S/C13H15N3O3/c1-2-19-13(17)14-9-3-4-11-10(7-9)15-12-8-18-6-5-16(11)12/h3-4,7H,2,5-6,8H2,1H3,(H,14,17). The summed E-state index contributed by atoms with van der Waals surface area (Å²) in [6.07, 6.45) is -0.450. The van der Waals surface area contributed by atoms with Gasteiger partial charge < -0.3 is 14.0 Å². The third-order valence-corrected chi connectivity index (χ3v) is 3.04. The second kappa shape index (κ2) is 4.89. The summed E-state index contributed by atoms with van der Waals surface area (Å²) in [4.78, 5) is 15.9. The highest BCUT2D eigenvalue weighted by Gasteiger charge is 2.15. The number of nitrogens with one attached hydrogen (secondary N) is 1. The van der Waals surface area contributed by atoms with Crippen molar-refractivity contribution in [1.29, 1.82) is 0 Å². The molecule has 6 heteroatoms. The zero-order valence-corrected chi connectivity index (χ0v) is 10.7. The highest BCUT2D eigenvalue weighted by molar-refractivity contribution is 5.88. The zero-order valence-electron chi connectivity index (χ0n) is 10.7. The Morgan fingerprint density at radius 1 is 1.58 bits per heavy atom. The molecule has 0 atom stereocenters. The topological polar surface area (TPSA) is 65.4 Å². The Kier molecular flexibility index (Phi) is 3.08. The molecule has 1 N–H and O–H groups in total. The number of rotatable bonds is 2. The number of amides is 1. The Bertz CT molecular complexity index is 621. The van der Waals surface area contributed by atoms with Crippen LogP contribution in [0.2, 0.25) is 0 Å². The first-order valence-corrected chi connectivity index (χ1v) is 6.28. The van der Waals surface area contributed by atoms with Crippen LogP contribution in [0.3, 0.4) is 0 Å². The number of aromatic nitrogens is 2. The molecule has 19 heavy (non-hydrogen) atoms. The Hall–Kier alpha value is -2.08. The van der Waals surface area contributed by atoms with Crippen LogP contribution in [0.25, 0.3) is 11.0 Å². The second-order valence-corrected chi connectivity index (χ2v) is 4.28. The molecule has 0 aliphatic carbocycles. The van der Waals surface area contributed by atoms with Crippen molar-refractivity contribution in [2.24, 2.45) is 0 Å². The van der Waals surface area contributed by atoms with Crippen molar-refractivity contribution in [3.63, 3.8) is 0 Å². The van der Waals surface area contributed by atoms with Gasteiger partial charge in [0.2, 0.25) is 0 Å². The van der Waals surface area contributed by atoms with Crippen LogP contribution in [0.5, 0.6) is 0 Å². The predicted octanol–water partition coefficient (Wildman–Crippen LogP) is 2.13. The summed E-state index contributed by atoms with van der Waals surface area (Å²) in [5.41, 5.74) is 2.60. The molecule has 0 saturated heterocycles. The SMILES string of the molecule is CCOC(=O)Nc1ccc2c(c1)nc1n2CCOC1. The maximum absolute atomic E-state index is 11.4. The number of carbonyl (C=O) groups excluding carboxylic acids is 1. The van der Waals surface area contributed by atoms with Gasteiger partial charge in [0.15, 0.2) is 0 Å². The van der Waals surface area contributed by atoms with E-state index in [9.17, 15) is 4.79 Å². The van der Waals surface area contributed by atoms with Gasteiger partial charge in [0, 0.05) is 12.2 Å². The first-order chi connectivity index (χ1) is 9.28. The van der Waals surface area contributed by atoms with E-state index in [-0.39, 0.29) is 0 Å². The fourth-order valence-corrected chi connectivity index (χ4v) is 2.22. The van der Waals surface area contributed by atoms with Gasteiger partial charge in [-0.2, -0.15) is 0 Å². The molecule has 0 saturated carbocycles. The summed E-state index contributed by atoms with van der Waals surface area (Å²) >= 11 is 0. The number of fused-ring (bicyclic) bond motifs is 3. The number of hydrogen-bond acceptors (Lipinski definition) is 4. The summed E-state index contributed by atoms with van der Waals surface area (Å²) in [6.45, 7) is 4.18. The fraction of sp³-hybridized carbons (Fsp3) is 0.385. The number of ether oxygens (including phenoxy) is 2. The number of nitrogens with zero attached hydrogens (tertiary/aromatic N) is 2. The molecular formula is C13H15N3O3. The number of imidazole rings is 1. The lowest BCUT2D eigenvalue weighted by molar-refractivity contribution is 0.0830. The van der Waals surface area contributed by atoms with Crippen molar-refractivity contribution in [3.8, 4) is 0 Å². The van der Waals surface area contributed by atoms with Crippen molar-refractivity contribution in [2.45, 2.75) is 20.1 Å². The van der Waals surface area contributed by atoms with Crippen LogP contribution in [-0.4, -0.2) is 28.9 Å². The van der Waals surface area contributed by atoms with E-state index in [0.29, 0.717) is 25.5 Å². The van der Waals surface area contributed by atoms with E-state index in [0.717, 1.165) is 23.4 Å². The molecule has 2 aromatic rings. The summed E-state index contributed by atoms with van der Waals surface area (Å²) in [7, 11) is 0. The molecule has 0 bridgehead atoms. The van der Waals surface area contributed by atoms with Crippen molar-refractivity contribution in [2.75, 3.05) is 18.5 Å². The Balaban J connectivity index is 1.91. The molecule has 1 amide bonds. The molecule has 1 aliphatic rings. The van der Waals surface area contributed by atoms with E-state index >= 15 is 0 Å². The van der Waals surface area contributed by atoms with Crippen LogP contribution < -0.4 is 5.32 Å². The first kappa shape index (κ1) is 12.0. The number of carbonyl (C=O) groups is 1. The Morgan fingerprint density at radius 2 is 2.47 bits per heavy atom. The van der Waals surface area contributed by atoms with Crippen LogP contribution in [0, 0.1) is 0 Å². The molecule has 0 radical (unpaired) electrons. The second-order valence-electron chi connectivity index (χ2n) is 4.28. The van der Waals surface area contributed by atoms with Crippen LogP contribution in [0.1, 0.15) is 12.7 Å². The van der Waals surface area contributed by atoms with E-state index in [1.165, 1.54) is 0 Å². The van der Waals surface area contributed by atoms with Gasteiger partial charge in [0.1, 0.15) is 12.4 Å². The number of benzene rings is 1. The normalized spacial score (nSPS) is 14.2. The quantitative estimate of drug-likeness (QED) is 0.899. The van der Waals surface area contributed by atoms with Gasteiger partial charge in [0.05, 0.1) is 24.2 Å². The summed E-state index contributed by atoms with van der Waals surface area (Å²) in [5.74, 6) is 0.925. The van der Waals surface area contributed by atoms with Gasteiger partial charge in [-0.1, -0.05) is 0 Å². The van der Waals surface area contributed by atoms with Crippen molar-refractivity contribution >= 4 is 22.8 Å². The molecule has 0 unspecified atom stereocenters. The molecule has 0 fully saturated rings. The third kappa shape index (κ3) is 2.26. The minimum atomic E-state index is -0.450. The largest absolute Gasteiger partial charge is 0.450 e. The Morgan fingerprint density at radius 3 is 3.32 bits per heavy atom. The molecular weight excluding hydrogens is 246 g/mol. The average Bonchev–Trinajstić information content (AvgIpc) is 2.76. The molecule has 3 rings (SSSR count). The van der Waals surface area contributed by atoms with Crippen LogP contribution >= 0.6 is 0 Å². The van der Waals surface area contributed by atoms with E-state index in [2.05, 4.69) is 14.9 Å². The van der Waals surface area contributed by atoms with Gasteiger partial charge in [-0.25, -0.2) is 9.78 Å². The lowest BCUT2D eigenvalue weighted by atomic mass is 10.2. The van der Waals surface area contributed by atoms with Gasteiger partial charge in [-0.05, 0) is 25.1 Å². The lowest BCUT2D eigenvalue weighted by Gasteiger charge is -2.14. The molecule has 100 valence electrons. The summed E-state index contributed by atoms with van der Waals surface area (Å²) < 4.78 is 12.4. The minimum absolute atomic E-state index is 0.351. The van der Waals surface area contributed by atoms with E-state index in [4.69, 9.17) is 9.47 Å². The van der Waals surface area contributed by atoms with Gasteiger partial charge >= 0.3 is 6.09 Å². The molecule has 1 aliphatic heterocycles. The Labute approximate surface area is 110 Å². The van der Waals surface area contributed by atoms with Gasteiger partial charge in [-0.3, -0.25) is 5.32 Å². The van der Waals surface area contributed by atoms with E-state index in [1.807, 2.05) is 18.2 Å².